The molecule has 1 amide bonds. The van der Waals surface area contributed by atoms with Crippen LogP contribution in [0.15, 0.2) is 41.3 Å². The highest BCUT2D eigenvalue weighted by Crippen LogP contribution is 2.10. The molecule has 1 heterocycles. The molecule has 1 aromatic carbocycles. The molecule has 7 heteroatoms. The molecule has 0 unspecified atom stereocenters. The molecule has 0 saturated heterocycles. The van der Waals surface area contributed by atoms with Gasteiger partial charge in [0.15, 0.2) is 0 Å². The number of hydrogen-bond donors (Lipinski definition) is 0. The molecule has 7 nitrogen and oxygen atoms in total. The van der Waals surface area contributed by atoms with Gasteiger partial charge in [0, 0.05) is 19.8 Å². The van der Waals surface area contributed by atoms with E-state index in [2.05, 4.69) is 4.74 Å². The van der Waals surface area contributed by atoms with Crippen molar-refractivity contribution in [2.75, 3.05) is 14.2 Å². The SMILES string of the molecule is COC(=O)c1cc(C#N)c(=O)n(CC(=O)N(C)Cc2ccccc2C)c1. The van der Waals surface area contributed by atoms with Crippen molar-refractivity contribution in [3.63, 3.8) is 0 Å². The fraction of sp³-hybridized carbons (Fsp3) is 0.263. The van der Waals surface area contributed by atoms with Crippen molar-refractivity contribution in [3.05, 3.63) is 69.1 Å². The van der Waals surface area contributed by atoms with Gasteiger partial charge in [0.25, 0.3) is 5.56 Å². The highest BCUT2D eigenvalue weighted by molar-refractivity contribution is 5.89. The molecule has 0 aliphatic rings. The fourth-order valence-corrected chi connectivity index (χ4v) is 2.46. The Bertz CT molecular complexity index is 941. The van der Waals surface area contributed by atoms with E-state index in [1.165, 1.54) is 18.2 Å². The third-order valence-electron chi connectivity index (χ3n) is 4.03. The van der Waals surface area contributed by atoms with Gasteiger partial charge in [0.1, 0.15) is 18.2 Å². The van der Waals surface area contributed by atoms with Gasteiger partial charge < -0.3 is 14.2 Å². The highest BCUT2D eigenvalue weighted by Gasteiger charge is 2.16. The number of methoxy groups -OCH3 is 1. The lowest BCUT2D eigenvalue weighted by atomic mass is 10.1. The lowest BCUT2D eigenvalue weighted by Gasteiger charge is -2.19. The smallest absolute Gasteiger partial charge is 0.339 e. The van der Waals surface area contributed by atoms with E-state index in [1.807, 2.05) is 31.2 Å². The Morgan fingerprint density at radius 1 is 1.31 bits per heavy atom. The molecule has 0 N–H and O–H groups in total. The van der Waals surface area contributed by atoms with Crippen molar-refractivity contribution in [3.8, 4) is 6.07 Å². The molecule has 0 saturated carbocycles. The third-order valence-corrected chi connectivity index (χ3v) is 4.03. The van der Waals surface area contributed by atoms with Crippen molar-refractivity contribution in [1.29, 1.82) is 5.26 Å². The predicted octanol–water partition coefficient (Wildman–Crippen LogP) is 1.47. The number of carbonyl (C=O) groups is 2. The van der Waals surface area contributed by atoms with Gasteiger partial charge >= 0.3 is 5.97 Å². The van der Waals surface area contributed by atoms with Crippen molar-refractivity contribution in [1.82, 2.24) is 9.47 Å². The standard InChI is InChI=1S/C19H19N3O4/c1-13-6-4-5-7-14(13)10-21(2)17(23)12-22-11-16(19(25)26-3)8-15(9-20)18(22)24/h4-8,11H,10,12H2,1-3H3. The van der Waals surface area contributed by atoms with Gasteiger partial charge in [-0.15, -0.1) is 0 Å². The van der Waals surface area contributed by atoms with Crippen LogP contribution in [0.1, 0.15) is 27.0 Å². The highest BCUT2D eigenvalue weighted by atomic mass is 16.5. The van der Waals surface area contributed by atoms with E-state index in [0.717, 1.165) is 21.8 Å². The Kier molecular flexibility index (Phi) is 5.91. The van der Waals surface area contributed by atoms with Crippen molar-refractivity contribution < 1.29 is 14.3 Å². The first kappa shape index (κ1) is 18.9. The Morgan fingerprint density at radius 2 is 2.00 bits per heavy atom. The third kappa shape index (κ3) is 4.16. The van der Waals surface area contributed by atoms with Crippen molar-refractivity contribution >= 4 is 11.9 Å². The normalized spacial score (nSPS) is 10.1. The van der Waals surface area contributed by atoms with Crippen LogP contribution in [0, 0.1) is 18.3 Å². The molecule has 0 bridgehead atoms. The Morgan fingerprint density at radius 3 is 2.62 bits per heavy atom. The van der Waals surface area contributed by atoms with E-state index in [4.69, 9.17) is 5.26 Å². The molecule has 0 spiro atoms. The van der Waals surface area contributed by atoms with Crippen LogP contribution in [0.5, 0.6) is 0 Å². The van der Waals surface area contributed by atoms with Crippen LogP contribution in [-0.2, 0) is 22.6 Å². The molecule has 2 rings (SSSR count). The van der Waals surface area contributed by atoms with Crippen LogP contribution >= 0.6 is 0 Å². The summed E-state index contributed by atoms with van der Waals surface area (Å²) < 4.78 is 5.67. The number of aromatic nitrogens is 1. The number of nitrogens with zero attached hydrogens (tertiary/aromatic N) is 3. The van der Waals surface area contributed by atoms with Gasteiger partial charge in [-0.2, -0.15) is 5.26 Å². The summed E-state index contributed by atoms with van der Waals surface area (Å²) in [5.74, 6) is -1.00. The maximum Gasteiger partial charge on any atom is 0.339 e. The quantitative estimate of drug-likeness (QED) is 0.759. The second-order valence-electron chi connectivity index (χ2n) is 5.86. The predicted molar refractivity (Wildman–Crippen MR) is 94.4 cm³/mol. The van der Waals surface area contributed by atoms with Gasteiger partial charge in [-0.1, -0.05) is 24.3 Å². The van der Waals surface area contributed by atoms with E-state index >= 15 is 0 Å². The molecule has 0 radical (unpaired) electrons. The summed E-state index contributed by atoms with van der Waals surface area (Å²) in [5, 5.41) is 9.08. The first-order valence-corrected chi connectivity index (χ1v) is 7.88. The number of amides is 1. The average Bonchev–Trinajstić information content (AvgIpc) is 2.64. The summed E-state index contributed by atoms with van der Waals surface area (Å²) in [6.45, 7) is 2.07. The van der Waals surface area contributed by atoms with Gasteiger partial charge in [-0.25, -0.2) is 4.79 Å². The zero-order valence-electron chi connectivity index (χ0n) is 14.9. The minimum absolute atomic E-state index is 0.0398. The molecule has 1 aromatic heterocycles. The van der Waals surface area contributed by atoms with Crippen LogP contribution in [0.4, 0.5) is 0 Å². The lowest BCUT2D eigenvalue weighted by Crippen LogP contribution is -2.34. The minimum Gasteiger partial charge on any atom is -0.465 e. The van der Waals surface area contributed by atoms with Crippen LogP contribution in [0.3, 0.4) is 0 Å². The first-order valence-electron chi connectivity index (χ1n) is 7.88. The molecule has 0 atom stereocenters. The number of rotatable bonds is 5. The second kappa shape index (κ2) is 8.12. The minimum atomic E-state index is -0.684. The molecule has 0 aliphatic heterocycles. The largest absolute Gasteiger partial charge is 0.465 e. The summed E-state index contributed by atoms with van der Waals surface area (Å²) in [7, 11) is 2.83. The van der Waals surface area contributed by atoms with Crippen molar-refractivity contribution in [2.45, 2.75) is 20.0 Å². The Labute approximate surface area is 151 Å². The molecular formula is C19H19N3O4. The Hall–Kier alpha value is -3.40. The lowest BCUT2D eigenvalue weighted by molar-refractivity contribution is -0.131. The number of aryl methyl sites for hydroxylation is 1. The van der Waals surface area contributed by atoms with E-state index in [-0.39, 0.29) is 23.6 Å². The summed E-state index contributed by atoms with van der Waals surface area (Å²) in [6.07, 6.45) is 1.23. The number of hydrogen-bond acceptors (Lipinski definition) is 5. The maximum absolute atomic E-state index is 12.5. The molecule has 0 aliphatic carbocycles. The summed E-state index contributed by atoms with van der Waals surface area (Å²) >= 11 is 0. The summed E-state index contributed by atoms with van der Waals surface area (Å²) in [5.41, 5.74) is 1.25. The van der Waals surface area contributed by atoms with Gasteiger partial charge in [0.2, 0.25) is 5.91 Å². The van der Waals surface area contributed by atoms with Crippen molar-refractivity contribution in [2.24, 2.45) is 0 Å². The topological polar surface area (TPSA) is 92.4 Å². The number of benzene rings is 1. The number of carbonyl (C=O) groups excluding carboxylic acids is 2. The van der Waals surface area contributed by atoms with E-state index < -0.39 is 11.5 Å². The molecule has 134 valence electrons. The monoisotopic (exact) mass is 353 g/mol. The zero-order valence-corrected chi connectivity index (χ0v) is 14.9. The zero-order chi connectivity index (χ0) is 19.3. The molecule has 0 fully saturated rings. The molecule has 2 aromatic rings. The van der Waals surface area contributed by atoms with E-state index in [0.29, 0.717) is 6.54 Å². The Balaban J connectivity index is 2.25. The number of nitriles is 1. The molecule has 26 heavy (non-hydrogen) atoms. The summed E-state index contributed by atoms with van der Waals surface area (Å²) in [4.78, 5) is 37.9. The van der Waals surface area contributed by atoms with Crippen LogP contribution in [-0.4, -0.2) is 35.5 Å². The van der Waals surface area contributed by atoms with Gasteiger partial charge in [-0.05, 0) is 24.1 Å². The first-order chi connectivity index (χ1) is 12.4. The van der Waals surface area contributed by atoms with Crippen LogP contribution in [0.2, 0.25) is 0 Å². The number of esters is 1. The number of pyridine rings is 1. The maximum atomic E-state index is 12.5. The van der Waals surface area contributed by atoms with E-state index in [1.54, 1.807) is 13.1 Å². The van der Waals surface area contributed by atoms with Crippen LogP contribution in [0.25, 0.3) is 0 Å². The van der Waals surface area contributed by atoms with E-state index in [9.17, 15) is 14.4 Å². The molecular weight excluding hydrogens is 334 g/mol. The van der Waals surface area contributed by atoms with Crippen LogP contribution < -0.4 is 5.56 Å². The fourth-order valence-electron chi connectivity index (χ4n) is 2.46. The van der Waals surface area contributed by atoms with Gasteiger partial charge in [0.05, 0.1) is 12.7 Å². The summed E-state index contributed by atoms with van der Waals surface area (Å²) in [6, 6.07) is 10.6. The number of ether oxygens (including phenoxy) is 1. The van der Waals surface area contributed by atoms with Gasteiger partial charge in [-0.3, -0.25) is 9.59 Å². The number of likely N-dealkylation sites (N-methyl/N-ethyl adjacent to an activating group) is 1. The second-order valence-corrected chi connectivity index (χ2v) is 5.86. The average molecular weight is 353 g/mol.